The molecule has 0 aromatic rings. The van der Waals surface area contributed by atoms with E-state index in [0.29, 0.717) is 5.41 Å². The van der Waals surface area contributed by atoms with Crippen LogP contribution in [0.5, 0.6) is 0 Å². The van der Waals surface area contributed by atoms with Gasteiger partial charge in [-0.1, -0.05) is 27.2 Å². The average molecular weight is 132 g/mol. The van der Waals surface area contributed by atoms with Gasteiger partial charge in [-0.25, -0.2) is 0 Å². The van der Waals surface area contributed by atoms with Gasteiger partial charge in [0.1, 0.15) is 0 Å². The molecule has 1 heteroatoms. The maximum Gasteiger partial charge on any atom is -0.00464 e. The van der Waals surface area contributed by atoms with Crippen LogP contribution in [0.2, 0.25) is 0 Å². The molecule has 0 amide bonds. The molecule has 0 fully saturated rings. The van der Waals surface area contributed by atoms with Crippen LogP contribution < -0.4 is 0 Å². The second-order valence-electron chi connectivity index (χ2n) is 3.07. The molecule has 0 bridgehead atoms. The van der Waals surface area contributed by atoms with Crippen LogP contribution in [0.4, 0.5) is 0 Å². The molecule has 0 saturated heterocycles. The molecular weight excluding hydrogens is 116 g/mol. The van der Waals surface area contributed by atoms with Crippen molar-refractivity contribution in [2.45, 2.75) is 33.6 Å². The Hall–Kier alpha value is 0.350. The highest BCUT2D eigenvalue weighted by atomic mass is 32.1. The third-order valence-corrected chi connectivity index (χ3v) is 2.21. The fourth-order valence-electron chi connectivity index (χ4n) is 0.756. The number of hydrogen-bond donors (Lipinski definition) is 1. The van der Waals surface area contributed by atoms with E-state index < -0.39 is 0 Å². The van der Waals surface area contributed by atoms with Crippen molar-refractivity contribution in [3.8, 4) is 0 Å². The largest absolute Gasteiger partial charge is 0.179 e. The smallest absolute Gasteiger partial charge is 0.00464 e. The molecule has 0 N–H and O–H groups in total. The normalized spacial score (nSPS) is 12.0. The van der Waals surface area contributed by atoms with Crippen LogP contribution in [0.1, 0.15) is 33.6 Å². The van der Waals surface area contributed by atoms with Crippen LogP contribution in [0, 0.1) is 5.41 Å². The number of hydrogen-bond acceptors (Lipinski definition) is 1. The van der Waals surface area contributed by atoms with Gasteiger partial charge in [-0.15, -0.1) is 0 Å². The summed E-state index contributed by atoms with van der Waals surface area (Å²) in [5.41, 5.74) is 0.456. The quantitative estimate of drug-likeness (QED) is 0.561. The summed E-state index contributed by atoms with van der Waals surface area (Å²) in [6, 6.07) is 0. The standard InChI is InChI=1S/C7H16S/c1-4-5-7(2,3)6-8/h8H,4-6H2,1-3H3. The molecular formula is C7H16S. The molecule has 0 aromatic carbocycles. The van der Waals surface area contributed by atoms with Crippen molar-refractivity contribution in [1.82, 2.24) is 0 Å². The van der Waals surface area contributed by atoms with Gasteiger partial charge in [0.15, 0.2) is 0 Å². The minimum Gasteiger partial charge on any atom is -0.179 e. The van der Waals surface area contributed by atoms with Crippen molar-refractivity contribution < 1.29 is 0 Å². The Kier molecular flexibility index (Phi) is 3.54. The minimum atomic E-state index is 0.456. The molecule has 50 valence electrons. The van der Waals surface area contributed by atoms with Gasteiger partial charge in [0, 0.05) is 0 Å². The van der Waals surface area contributed by atoms with Gasteiger partial charge in [0.2, 0.25) is 0 Å². The number of thiol groups is 1. The Morgan fingerprint density at radius 2 is 1.88 bits per heavy atom. The monoisotopic (exact) mass is 132 g/mol. The molecule has 0 aliphatic carbocycles. The van der Waals surface area contributed by atoms with Gasteiger partial charge in [0.25, 0.3) is 0 Å². The highest BCUT2D eigenvalue weighted by Crippen LogP contribution is 2.22. The maximum absolute atomic E-state index is 4.24. The second-order valence-corrected chi connectivity index (χ2v) is 3.39. The van der Waals surface area contributed by atoms with Gasteiger partial charge in [-0.2, -0.15) is 12.6 Å². The zero-order valence-electron chi connectivity index (χ0n) is 6.07. The van der Waals surface area contributed by atoms with Gasteiger partial charge in [-0.3, -0.25) is 0 Å². The van der Waals surface area contributed by atoms with Crippen molar-refractivity contribution in [3.63, 3.8) is 0 Å². The molecule has 8 heavy (non-hydrogen) atoms. The van der Waals surface area contributed by atoms with E-state index in [1.807, 2.05) is 0 Å². The first-order chi connectivity index (χ1) is 3.62. The fraction of sp³-hybridized carbons (Fsp3) is 1.00. The van der Waals surface area contributed by atoms with E-state index in [9.17, 15) is 0 Å². The van der Waals surface area contributed by atoms with Crippen LogP contribution in [-0.2, 0) is 0 Å². The first kappa shape index (κ1) is 8.35. The van der Waals surface area contributed by atoms with Crippen LogP contribution >= 0.6 is 12.6 Å². The zero-order chi connectivity index (χ0) is 6.62. The van der Waals surface area contributed by atoms with Gasteiger partial charge in [0.05, 0.1) is 0 Å². The van der Waals surface area contributed by atoms with Crippen LogP contribution in [-0.4, -0.2) is 5.75 Å². The van der Waals surface area contributed by atoms with E-state index in [0.717, 1.165) is 5.75 Å². The second kappa shape index (κ2) is 3.39. The first-order valence-electron chi connectivity index (χ1n) is 3.23. The van der Waals surface area contributed by atoms with E-state index in [2.05, 4.69) is 33.4 Å². The summed E-state index contributed by atoms with van der Waals surface area (Å²) in [7, 11) is 0. The molecule has 0 unspecified atom stereocenters. The van der Waals surface area contributed by atoms with Crippen LogP contribution in [0.3, 0.4) is 0 Å². The Balaban J connectivity index is 3.37. The molecule has 0 nitrogen and oxygen atoms in total. The van der Waals surface area contributed by atoms with Crippen LogP contribution in [0.25, 0.3) is 0 Å². The molecule has 0 aromatic heterocycles. The Bertz CT molecular complexity index is 57.4. The maximum atomic E-state index is 4.24. The summed E-state index contributed by atoms with van der Waals surface area (Å²) < 4.78 is 0. The highest BCUT2D eigenvalue weighted by molar-refractivity contribution is 7.80. The van der Waals surface area contributed by atoms with Crippen molar-refractivity contribution >= 4 is 12.6 Å². The molecule has 0 rings (SSSR count). The van der Waals surface area contributed by atoms with E-state index in [1.54, 1.807) is 0 Å². The van der Waals surface area contributed by atoms with Gasteiger partial charge < -0.3 is 0 Å². The zero-order valence-corrected chi connectivity index (χ0v) is 6.96. The topological polar surface area (TPSA) is 0 Å². The summed E-state index contributed by atoms with van der Waals surface area (Å²) in [6.07, 6.45) is 2.56. The molecule has 0 atom stereocenters. The highest BCUT2D eigenvalue weighted by Gasteiger charge is 2.12. The lowest BCUT2D eigenvalue weighted by atomic mass is 9.91. The van der Waals surface area contributed by atoms with Crippen molar-refractivity contribution in [2.75, 3.05) is 5.75 Å². The third kappa shape index (κ3) is 3.36. The predicted octanol–water partition coefficient (Wildman–Crippen LogP) is 2.74. The van der Waals surface area contributed by atoms with E-state index in [4.69, 9.17) is 0 Å². The molecule has 0 aliphatic rings. The summed E-state index contributed by atoms with van der Waals surface area (Å²) in [6.45, 7) is 6.72. The summed E-state index contributed by atoms with van der Waals surface area (Å²) in [4.78, 5) is 0. The fourth-order valence-corrected chi connectivity index (χ4v) is 0.914. The Labute approximate surface area is 58.1 Å². The van der Waals surface area contributed by atoms with E-state index >= 15 is 0 Å². The van der Waals surface area contributed by atoms with E-state index in [-0.39, 0.29) is 0 Å². The number of rotatable bonds is 3. The SMILES string of the molecule is CCCC(C)(C)CS. The van der Waals surface area contributed by atoms with Crippen molar-refractivity contribution in [1.29, 1.82) is 0 Å². The van der Waals surface area contributed by atoms with E-state index in [1.165, 1.54) is 12.8 Å². The van der Waals surface area contributed by atoms with Crippen LogP contribution in [0.15, 0.2) is 0 Å². The Morgan fingerprint density at radius 3 is 2.00 bits per heavy atom. The average Bonchev–Trinajstić information content (AvgIpc) is 1.67. The summed E-state index contributed by atoms with van der Waals surface area (Å²) >= 11 is 4.24. The molecule has 0 aliphatic heterocycles. The summed E-state index contributed by atoms with van der Waals surface area (Å²) in [5.74, 6) is 1.00. The first-order valence-corrected chi connectivity index (χ1v) is 3.86. The summed E-state index contributed by atoms with van der Waals surface area (Å²) in [5, 5.41) is 0. The third-order valence-electron chi connectivity index (χ3n) is 1.35. The lowest BCUT2D eigenvalue weighted by molar-refractivity contribution is 0.383. The van der Waals surface area contributed by atoms with Gasteiger partial charge >= 0.3 is 0 Å². The minimum absolute atomic E-state index is 0.456. The van der Waals surface area contributed by atoms with Crippen molar-refractivity contribution in [3.05, 3.63) is 0 Å². The Morgan fingerprint density at radius 1 is 1.38 bits per heavy atom. The lowest BCUT2D eigenvalue weighted by Crippen LogP contribution is -2.11. The predicted molar refractivity (Wildman–Crippen MR) is 42.5 cm³/mol. The van der Waals surface area contributed by atoms with Gasteiger partial charge in [-0.05, 0) is 17.6 Å². The molecule has 0 spiro atoms. The molecule has 0 radical (unpaired) electrons. The lowest BCUT2D eigenvalue weighted by Gasteiger charge is -2.20. The molecule has 0 saturated carbocycles. The van der Waals surface area contributed by atoms with Crippen molar-refractivity contribution in [2.24, 2.45) is 5.41 Å². The molecule has 0 heterocycles.